The van der Waals surface area contributed by atoms with Crippen molar-refractivity contribution < 1.29 is 9.32 Å². The van der Waals surface area contributed by atoms with Gasteiger partial charge in [0.25, 0.3) is 0 Å². The molecule has 3 rings (SSSR count). The van der Waals surface area contributed by atoms with Crippen LogP contribution < -0.4 is 5.32 Å². The molecule has 0 aromatic carbocycles. The summed E-state index contributed by atoms with van der Waals surface area (Å²) in [7, 11) is 0. The number of aryl methyl sites for hydroxylation is 1. The fourth-order valence-corrected chi connectivity index (χ4v) is 3.31. The van der Waals surface area contributed by atoms with Gasteiger partial charge in [-0.3, -0.25) is 4.79 Å². The number of nitrogens with one attached hydrogen (secondary N) is 1. The van der Waals surface area contributed by atoms with E-state index in [9.17, 15) is 4.79 Å². The Balaban J connectivity index is 1.55. The largest absolute Gasteiger partial charge is 0.360 e. The van der Waals surface area contributed by atoms with E-state index in [-0.39, 0.29) is 11.7 Å². The Kier molecular flexibility index (Phi) is 4.71. The summed E-state index contributed by atoms with van der Waals surface area (Å²) in [6.45, 7) is 1.77. The molecule has 0 radical (unpaired) electrons. The topological polar surface area (TPSA) is 98.7 Å². The Morgan fingerprint density at radius 2 is 2.27 bits per heavy atom. The standard InChI is InChI=1S/C13H18N6O2S/c1-9-7-11(16-21-9)14-12(20)8-22-13-15-17-18-19(13)10-5-3-2-4-6-10/h7,10H,2-6,8H2,1H3,(H,14,16,20). The lowest BCUT2D eigenvalue weighted by Gasteiger charge is -2.21. The van der Waals surface area contributed by atoms with Crippen LogP contribution in [-0.4, -0.2) is 37.0 Å². The van der Waals surface area contributed by atoms with Gasteiger partial charge in [-0.25, -0.2) is 4.68 Å². The average Bonchev–Trinajstić information content (AvgIpc) is 3.15. The van der Waals surface area contributed by atoms with Crippen LogP contribution in [0.3, 0.4) is 0 Å². The number of carbonyl (C=O) groups is 1. The molecule has 1 fully saturated rings. The van der Waals surface area contributed by atoms with Gasteiger partial charge in [0.05, 0.1) is 11.8 Å². The van der Waals surface area contributed by atoms with Crippen molar-refractivity contribution in [3.63, 3.8) is 0 Å². The van der Waals surface area contributed by atoms with E-state index < -0.39 is 0 Å². The highest BCUT2D eigenvalue weighted by molar-refractivity contribution is 7.99. The Morgan fingerprint density at radius 3 is 3.00 bits per heavy atom. The molecule has 22 heavy (non-hydrogen) atoms. The molecule has 1 N–H and O–H groups in total. The van der Waals surface area contributed by atoms with Crippen molar-refractivity contribution in [2.24, 2.45) is 0 Å². The van der Waals surface area contributed by atoms with E-state index in [1.807, 2.05) is 4.68 Å². The number of hydrogen-bond acceptors (Lipinski definition) is 7. The molecule has 1 aliphatic carbocycles. The number of rotatable bonds is 5. The third-order valence-electron chi connectivity index (χ3n) is 3.61. The van der Waals surface area contributed by atoms with Crippen LogP contribution in [0.4, 0.5) is 5.82 Å². The second-order valence-electron chi connectivity index (χ2n) is 5.36. The maximum Gasteiger partial charge on any atom is 0.236 e. The molecule has 1 saturated carbocycles. The Bertz CT molecular complexity index is 634. The first-order chi connectivity index (χ1) is 10.7. The maximum atomic E-state index is 11.9. The lowest BCUT2D eigenvalue weighted by Crippen LogP contribution is -2.17. The first-order valence-electron chi connectivity index (χ1n) is 7.36. The molecule has 0 spiro atoms. The summed E-state index contributed by atoms with van der Waals surface area (Å²) < 4.78 is 6.76. The van der Waals surface area contributed by atoms with Crippen LogP contribution in [0, 0.1) is 6.92 Å². The van der Waals surface area contributed by atoms with Crippen molar-refractivity contribution in [2.75, 3.05) is 11.1 Å². The van der Waals surface area contributed by atoms with Crippen LogP contribution in [0.25, 0.3) is 0 Å². The zero-order valence-electron chi connectivity index (χ0n) is 12.4. The van der Waals surface area contributed by atoms with Gasteiger partial charge in [-0.05, 0) is 30.2 Å². The predicted molar refractivity (Wildman–Crippen MR) is 80.5 cm³/mol. The van der Waals surface area contributed by atoms with Gasteiger partial charge >= 0.3 is 0 Å². The number of amides is 1. The molecule has 0 atom stereocenters. The third kappa shape index (κ3) is 3.65. The minimum atomic E-state index is -0.156. The lowest BCUT2D eigenvalue weighted by atomic mass is 9.96. The van der Waals surface area contributed by atoms with E-state index >= 15 is 0 Å². The zero-order valence-corrected chi connectivity index (χ0v) is 13.2. The fourth-order valence-electron chi connectivity index (χ4n) is 2.57. The Hall–Kier alpha value is -1.90. The number of hydrogen-bond donors (Lipinski definition) is 1. The van der Waals surface area contributed by atoms with Crippen molar-refractivity contribution >= 4 is 23.5 Å². The highest BCUT2D eigenvalue weighted by Gasteiger charge is 2.20. The number of tetrazole rings is 1. The number of anilines is 1. The molecule has 0 saturated heterocycles. The molecule has 1 amide bonds. The average molecular weight is 322 g/mol. The van der Waals surface area contributed by atoms with Gasteiger partial charge < -0.3 is 9.84 Å². The summed E-state index contributed by atoms with van der Waals surface area (Å²) in [5.41, 5.74) is 0. The molecule has 9 heteroatoms. The van der Waals surface area contributed by atoms with Crippen molar-refractivity contribution in [3.8, 4) is 0 Å². The first-order valence-corrected chi connectivity index (χ1v) is 8.35. The van der Waals surface area contributed by atoms with Crippen LogP contribution >= 0.6 is 11.8 Å². The Labute approximate surface area is 132 Å². The van der Waals surface area contributed by atoms with Crippen LogP contribution in [0.2, 0.25) is 0 Å². The number of nitrogens with zero attached hydrogens (tertiary/aromatic N) is 5. The van der Waals surface area contributed by atoms with E-state index in [0.717, 1.165) is 12.8 Å². The number of aromatic nitrogens is 5. The SMILES string of the molecule is Cc1cc(NC(=O)CSc2nnnn2C2CCCCC2)no1. The van der Waals surface area contributed by atoms with E-state index in [0.29, 0.717) is 22.8 Å². The van der Waals surface area contributed by atoms with E-state index in [1.165, 1.54) is 31.0 Å². The van der Waals surface area contributed by atoms with Gasteiger partial charge in [-0.1, -0.05) is 36.2 Å². The smallest absolute Gasteiger partial charge is 0.236 e. The molecule has 118 valence electrons. The highest BCUT2D eigenvalue weighted by Crippen LogP contribution is 2.30. The summed E-state index contributed by atoms with van der Waals surface area (Å²) in [4.78, 5) is 11.9. The summed E-state index contributed by atoms with van der Waals surface area (Å²) in [6, 6.07) is 2.03. The van der Waals surface area contributed by atoms with E-state index in [4.69, 9.17) is 4.52 Å². The van der Waals surface area contributed by atoms with Gasteiger partial charge in [-0.2, -0.15) is 0 Å². The normalized spacial score (nSPS) is 15.9. The van der Waals surface area contributed by atoms with Gasteiger partial charge in [0.1, 0.15) is 5.76 Å². The molecule has 2 aromatic rings. The molecule has 0 bridgehead atoms. The van der Waals surface area contributed by atoms with Crippen LogP contribution in [-0.2, 0) is 4.79 Å². The van der Waals surface area contributed by atoms with Gasteiger partial charge in [0, 0.05) is 6.07 Å². The molecule has 0 aliphatic heterocycles. The molecule has 0 unspecified atom stereocenters. The van der Waals surface area contributed by atoms with Crippen molar-refractivity contribution in [3.05, 3.63) is 11.8 Å². The molecule has 8 nitrogen and oxygen atoms in total. The Morgan fingerprint density at radius 1 is 1.45 bits per heavy atom. The fraction of sp³-hybridized carbons (Fsp3) is 0.615. The highest BCUT2D eigenvalue weighted by atomic mass is 32.2. The third-order valence-corrected chi connectivity index (χ3v) is 4.54. The van der Waals surface area contributed by atoms with Crippen LogP contribution in [0.5, 0.6) is 0 Å². The molecule has 1 aliphatic rings. The van der Waals surface area contributed by atoms with E-state index in [1.54, 1.807) is 13.0 Å². The molecular formula is C13H18N6O2S. The quantitative estimate of drug-likeness (QED) is 0.842. The second-order valence-corrected chi connectivity index (χ2v) is 6.30. The molecular weight excluding hydrogens is 304 g/mol. The van der Waals surface area contributed by atoms with Gasteiger partial charge in [0.2, 0.25) is 11.1 Å². The maximum absolute atomic E-state index is 11.9. The second kappa shape index (κ2) is 6.91. The molecule has 2 aromatic heterocycles. The summed E-state index contributed by atoms with van der Waals surface area (Å²) in [5, 5.41) is 19.0. The van der Waals surface area contributed by atoms with Gasteiger partial charge in [-0.15, -0.1) is 5.10 Å². The first kappa shape index (κ1) is 15.0. The summed E-state index contributed by atoms with van der Waals surface area (Å²) in [6.07, 6.45) is 5.90. The summed E-state index contributed by atoms with van der Waals surface area (Å²) >= 11 is 1.34. The minimum Gasteiger partial charge on any atom is -0.360 e. The monoisotopic (exact) mass is 322 g/mol. The van der Waals surface area contributed by atoms with Crippen molar-refractivity contribution in [1.29, 1.82) is 0 Å². The zero-order chi connectivity index (χ0) is 15.4. The number of carbonyl (C=O) groups excluding carboxylic acids is 1. The van der Waals surface area contributed by atoms with Crippen LogP contribution in [0.1, 0.15) is 43.9 Å². The van der Waals surface area contributed by atoms with Crippen molar-refractivity contribution in [2.45, 2.75) is 50.2 Å². The lowest BCUT2D eigenvalue weighted by molar-refractivity contribution is -0.113. The van der Waals surface area contributed by atoms with E-state index in [2.05, 4.69) is 26.0 Å². The summed E-state index contributed by atoms with van der Waals surface area (Å²) in [5.74, 6) is 1.16. The molecule has 2 heterocycles. The minimum absolute atomic E-state index is 0.156. The number of thioether (sulfide) groups is 1. The van der Waals surface area contributed by atoms with Crippen molar-refractivity contribution in [1.82, 2.24) is 25.4 Å². The van der Waals surface area contributed by atoms with Gasteiger partial charge in [0.15, 0.2) is 5.82 Å². The van der Waals surface area contributed by atoms with Crippen LogP contribution in [0.15, 0.2) is 15.7 Å². The predicted octanol–water partition coefficient (Wildman–Crippen LogP) is 2.21.